The van der Waals surface area contributed by atoms with Crippen molar-refractivity contribution in [3.05, 3.63) is 56.7 Å². The number of anilines is 2. The van der Waals surface area contributed by atoms with Gasteiger partial charge in [-0.15, -0.1) is 0 Å². The Kier molecular flexibility index (Phi) is 8.41. The molecule has 1 aromatic carbocycles. The number of nitrogens with one attached hydrogen (secondary N) is 1. The van der Waals surface area contributed by atoms with Crippen LogP contribution < -0.4 is 21.9 Å². The van der Waals surface area contributed by atoms with E-state index in [2.05, 4.69) is 4.98 Å². The van der Waals surface area contributed by atoms with Crippen LogP contribution in [0.15, 0.2) is 39.9 Å². The molecule has 0 aliphatic carbocycles. The minimum atomic E-state index is -0.639. The zero-order valence-electron chi connectivity index (χ0n) is 18.4. The second-order valence-corrected chi connectivity index (χ2v) is 7.62. The van der Waals surface area contributed by atoms with Gasteiger partial charge in [-0.1, -0.05) is 43.7 Å². The van der Waals surface area contributed by atoms with Gasteiger partial charge in [-0.25, -0.2) is 4.79 Å². The number of unbranched alkanes of at least 4 members (excludes halogenated alkanes) is 1. The van der Waals surface area contributed by atoms with Crippen molar-refractivity contribution in [2.24, 2.45) is 0 Å². The van der Waals surface area contributed by atoms with Crippen molar-refractivity contribution in [1.29, 1.82) is 0 Å². The van der Waals surface area contributed by atoms with E-state index in [1.165, 1.54) is 9.47 Å². The summed E-state index contributed by atoms with van der Waals surface area (Å²) in [5.74, 6) is -0.202. The van der Waals surface area contributed by atoms with Gasteiger partial charge in [0.15, 0.2) is 5.69 Å². The molecule has 1 heterocycles. The van der Waals surface area contributed by atoms with Crippen LogP contribution in [0.25, 0.3) is 0 Å². The molecular formula is C22H33N5O3. The summed E-state index contributed by atoms with van der Waals surface area (Å²) in [6.07, 6.45) is 1.62. The molecule has 0 radical (unpaired) electrons. The van der Waals surface area contributed by atoms with Gasteiger partial charge in [0.1, 0.15) is 5.82 Å². The largest absolute Gasteiger partial charge is 0.383 e. The number of aromatic nitrogens is 2. The molecule has 2 rings (SSSR count). The van der Waals surface area contributed by atoms with Crippen LogP contribution in [0, 0.1) is 0 Å². The van der Waals surface area contributed by atoms with E-state index in [0.29, 0.717) is 13.1 Å². The first-order chi connectivity index (χ1) is 14.3. The fourth-order valence-electron chi connectivity index (χ4n) is 3.33. The smallest absolute Gasteiger partial charge is 0.330 e. The Balaban J connectivity index is 2.33. The van der Waals surface area contributed by atoms with E-state index in [9.17, 15) is 14.4 Å². The predicted molar refractivity (Wildman–Crippen MR) is 121 cm³/mol. The second kappa shape index (κ2) is 10.8. The summed E-state index contributed by atoms with van der Waals surface area (Å²) in [4.78, 5) is 43.6. The van der Waals surface area contributed by atoms with Gasteiger partial charge in [0, 0.05) is 25.7 Å². The quantitative estimate of drug-likeness (QED) is 0.619. The molecule has 164 valence electrons. The Morgan fingerprint density at radius 2 is 1.83 bits per heavy atom. The highest BCUT2D eigenvalue weighted by atomic mass is 16.2. The van der Waals surface area contributed by atoms with E-state index >= 15 is 0 Å². The van der Waals surface area contributed by atoms with E-state index in [-0.39, 0.29) is 36.5 Å². The van der Waals surface area contributed by atoms with Gasteiger partial charge >= 0.3 is 5.69 Å². The third kappa shape index (κ3) is 5.60. The molecule has 0 saturated carbocycles. The Morgan fingerprint density at radius 3 is 2.40 bits per heavy atom. The molecule has 0 saturated heterocycles. The number of nitrogens with two attached hydrogens (primary N) is 1. The third-order valence-electron chi connectivity index (χ3n) is 5.13. The van der Waals surface area contributed by atoms with Gasteiger partial charge in [0.05, 0.1) is 6.54 Å². The molecule has 2 aromatic rings. The first-order valence-corrected chi connectivity index (χ1v) is 10.5. The molecule has 0 bridgehead atoms. The number of hydrogen-bond acceptors (Lipinski definition) is 5. The van der Waals surface area contributed by atoms with Crippen LogP contribution in [0.5, 0.6) is 0 Å². The summed E-state index contributed by atoms with van der Waals surface area (Å²) in [7, 11) is 0. The van der Waals surface area contributed by atoms with E-state index in [1.54, 1.807) is 6.92 Å². The zero-order chi connectivity index (χ0) is 22.3. The molecule has 0 atom stereocenters. The molecule has 0 aliphatic heterocycles. The number of rotatable bonds is 10. The molecule has 0 aliphatic rings. The molecule has 1 aromatic heterocycles. The topological polar surface area (TPSA) is 104 Å². The molecule has 30 heavy (non-hydrogen) atoms. The lowest BCUT2D eigenvalue weighted by Gasteiger charge is -2.29. The minimum absolute atomic E-state index is 0.0338. The summed E-state index contributed by atoms with van der Waals surface area (Å²) in [6, 6.07) is 10.0. The molecule has 0 spiro atoms. The Bertz CT molecular complexity index is 949. The number of carbonyl (C=O) groups excluding carboxylic acids is 1. The number of aromatic amines is 1. The Hall–Kier alpha value is -2.87. The number of benzene rings is 1. The van der Waals surface area contributed by atoms with Crippen LogP contribution in [-0.2, 0) is 17.9 Å². The summed E-state index contributed by atoms with van der Waals surface area (Å²) in [5.41, 5.74) is 6.15. The van der Waals surface area contributed by atoms with Crippen LogP contribution >= 0.6 is 0 Å². The number of nitrogen functional groups attached to an aromatic ring is 1. The van der Waals surface area contributed by atoms with E-state index in [0.717, 1.165) is 18.4 Å². The lowest BCUT2D eigenvalue weighted by atomic mass is 10.2. The first-order valence-electron chi connectivity index (χ1n) is 10.5. The standard InChI is InChI=1S/C22H33N5O3/c1-5-7-13-27-20(23)19(21(29)24-22(27)30)26(6-2)18(28)15-25(16(3)4)14-17-11-9-8-10-12-17/h8-12,16H,5-7,13-15,23H2,1-4H3,(H,24,29,30). The molecule has 0 fully saturated rings. The third-order valence-corrected chi connectivity index (χ3v) is 5.13. The maximum Gasteiger partial charge on any atom is 0.330 e. The van der Waals surface area contributed by atoms with E-state index in [4.69, 9.17) is 5.73 Å². The molecular weight excluding hydrogens is 382 g/mol. The number of carbonyl (C=O) groups is 1. The van der Waals surface area contributed by atoms with Gasteiger partial charge in [-0.05, 0) is 32.8 Å². The molecule has 8 nitrogen and oxygen atoms in total. The number of likely N-dealkylation sites (N-methyl/N-ethyl adjacent to an activating group) is 1. The van der Waals surface area contributed by atoms with Crippen molar-refractivity contribution < 1.29 is 4.79 Å². The zero-order valence-corrected chi connectivity index (χ0v) is 18.4. The second-order valence-electron chi connectivity index (χ2n) is 7.62. The van der Waals surface area contributed by atoms with Crippen molar-refractivity contribution in [3.8, 4) is 0 Å². The van der Waals surface area contributed by atoms with Gasteiger partial charge in [0.2, 0.25) is 5.91 Å². The van der Waals surface area contributed by atoms with Gasteiger partial charge in [-0.3, -0.25) is 24.0 Å². The molecule has 0 unspecified atom stereocenters. The van der Waals surface area contributed by atoms with Crippen LogP contribution in [0.4, 0.5) is 11.5 Å². The lowest BCUT2D eigenvalue weighted by Crippen LogP contribution is -2.46. The minimum Gasteiger partial charge on any atom is -0.383 e. The van der Waals surface area contributed by atoms with Crippen LogP contribution in [0.1, 0.15) is 46.1 Å². The lowest BCUT2D eigenvalue weighted by molar-refractivity contribution is -0.120. The Labute approximate surface area is 177 Å². The maximum absolute atomic E-state index is 13.2. The van der Waals surface area contributed by atoms with E-state index in [1.807, 2.05) is 56.0 Å². The van der Waals surface area contributed by atoms with Crippen molar-refractivity contribution in [2.75, 3.05) is 23.7 Å². The molecule has 3 N–H and O–H groups in total. The summed E-state index contributed by atoms with van der Waals surface area (Å²) in [5, 5.41) is 0. The van der Waals surface area contributed by atoms with Gasteiger partial charge in [-0.2, -0.15) is 0 Å². The highest BCUT2D eigenvalue weighted by Crippen LogP contribution is 2.18. The van der Waals surface area contributed by atoms with Crippen LogP contribution in [-0.4, -0.2) is 39.5 Å². The maximum atomic E-state index is 13.2. The number of nitrogens with zero attached hydrogens (tertiary/aromatic N) is 3. The summed E-state index contributed by atoms with van der Waals surface area (Å²) < 4.78 is 1.33. The number of hydrogen-bond donors (Lipinski definition) is 2. The normalized spacial score (nSPS) is 11.3. The van der Waals surface area contributed by atoms with Crippen LogP contribution in [0.3, 0.4) is 0 Å². The monoisotopic (exact) mass is 415 g/mol. The average Bonchev–Trinajstić information content (AvgIpc) is 2.71. The summed E-state index contributed by atoms with van der Waals surface area (Å²) in [6.45, 7) is 9.25. The molecule has 1 amide bonds. The molecule has 8 heteroatoms. The van der Waals surface area contributed by atoms with Gasteiger partial charge in [0.25, 0.3) is 5.56 Å². The van der Waals surface area contributed by atoms with Crippen molar-refractivity contribution in [2.45, 2.75) is 59.7 Å². The highest BCUT2D eigenvalue weighted by Gasteiger charge is 2.25. The number of amides is 1. The van der Waals surface area contributed by atoms with Gasteiger partial charge < -0.3 is 10.6 Å². The van der Waals surface area contributed by atoms with Crippen LogP contribution in [0.2, 0.25) is 0 Å². The fraction of sp³-hybridized carbons (Fsp3) is 0.500. The predicted octanol–water partition coefficient (Wildman–Crippen LogP) is 2.18. The SMILES string of the molecule is CCCCn1c(N)c(N(CC)C(=O)CN(Cc2ccccc2)C(C)C)c(=O)[nH]c1=O. The van der Waals surface area contributed by atoms with Crippen molar-refractivity contribution >= 4 is 17.4 Å². The first kappa shape index (κ1) is 23.4. The van der Waals surface area contributed by atoms with E-state index < -0.39 is 11.2 Å². The number of H-pyrrole nitrogens is 1. The average molecular weight is 416 g/mol. The van der Waals surface area contributed by atoms with Crippen molar-refractivity contribution in [3.63, 3.8) is 0 Å². The Morgan fingerprint density at radius 1 is 1.17 bits per heavy atom. The highest BCUT2D eigenvalue weighted by molar-refractivity contribution is 5.96. The fourth-order valence-corrected chi connectivity index (χ4v) is 3.33. The summed E-state index contributed by atoms with van der Waals surface area (Å²) >= 11 is 0. The van der Waals surface area contributed by atoms with Crippen molar-refractivity contribution in [1.82, 2.24) is 14.5 Å².